The van der Waals surface area contributed by atoms with Crippen LogP contribution in [0.4, 0.5) is 5.82 Å². The largest absolute Gasteiger partial charge is 0.383 e. The number of nitrogens with zero attached hydrogens (tertiary/aromatic N) is 7. The number of nitrogens with one attached hydrogen (secondary N) is 1. The van der Waals surface area contributed by atoms with E-state index in [4.69, 9.17) is 10.5 Å². The fourth-order valence-corrected chi connectivity index (χ4v) is 4.67. The van der Waals surface area contributed by atoms with E-state index < -0.39 is 0 Å². The number of carbonyl (C=O) groups excluding carboxylic acids is 1. The van der Waals surface area contributed by atoms with Gasteiger partial charge in [0.1, 0.15) is 24.0 Å². The summed E-state index contributed by atoms with van der Waals surface area (Å²) in [6.07, 6.45) is 10.1. The van der Waals surface area contributed by atoms with Crippen LogP contribution in [0, 0.1) is 0 Å². The lowest BCUT2D eigenvalue weighted by Crippen LogP contribution is -2.37. The van der Waals surface area contributed by atoms with Crippen molar-refractivity contribution in [2.45, 2.75) is 44.2 Å². The van der Waals surface area contributed by atoms with Gasteiger partial charge in [0.25, 0.3) is 5.91 Å². The quantitative estimate of drug-likeness (QED) is 0.426. The monoisotopic (exact) mass is 461 g/mol. The zero-order valence-corrected chi connectivity index (χ0v) is 19.0. The van der Waals surface area contributed by atoms with Gasteiger partial charge in [-0.1, -0.05) is 0 Å². The summed E-state index contributed by atoms with van der Waals surface area (Å²) in [5.41, 5.74) is 8.77. The number of nitrogens with two attached hydrogens (primary N) is 1. The van der Waals surface area contributed by atoms with Gasteiger partial charge in [-0.25, -0.2) is 9.50 Å². The van der Waals surface area contributed by atoms with Crippen molar-refractivity contribution in [1.82, 2.24) is 39.7 Å². The van der Waals surface area contributed by atoms with E-state index in [9.17, 15) is 4.79 Å². The number of carbonyl (C=O) groups is 1. The Hall–Kier alpha value is -3.86. The second-order valence-electron chi connectivity index (χ2n) is 8.48. The number of anilines is 1. The highest BCUT2D eigenvalue weighted by atomic mass is 16.5. The summed E-state index contributed by atoms with van der Waals surface area (Å²) >= 11 is 0. The number of fused-ring (bicyclic) bond motifs is 1. The molecule has 4 aromatic heterocycles. The zero-order chi connectivity index (χ0) is 23.5. The molecule has 3 N–H and O–H groups in total. The van der Waals surface area contributed by atoms with Crippen molar-refractivity contribution in [3.63, 3.8) is 0 Å². The van der Waals surface area contributed by atoms with Crippen LogP contribution in [-0.2, 0) is 11.3 Å². The molecule has 34 heavy (non-hydrogen) atoms. The van der Waals surface area contributed by atoms with E-state index in [2.05, 4.69) is 35.1 Å². The third-order valence-electron chi connectivity index (χ3n) is 6.41. The average molecular weight is 462 g/mol. The van der Waals surface area contributed by atoms with Gasteiger partial charge < -0.3 is 20.4 Å². The second kappa shape index (κ2) is 9.56. The standard InChI is InChI=1S/C23H27N9O2/c1-34-11-10-31-14-27-30-22(31)16-2-4-17(5-3-16)29-23(33)18-12-19(15-6-8-25-9-7-15)32-20(18)21(24)26-13-28-32/h6-9,12-14,16-17H,2-5,10-11H2,1H3,(H,29,33)(H2,24,26,28)/t16-,17-. The lowest BCUT2D eigenvalue weighted by atomic mass is 9.85. The molecule has 176 valence electrons. The molecular formula is C23H27N9O2. The summed E-state index contributed by atoms with van der Waals surface area (Å²) in [6, 6.07) is 5.63. The van der Waals surface area contributed by atoms with Crippen molar-refractivity contribution >= 4 is 17.2 Å². The number of pyridine rings is 1. The van der Waals surface area contributed by atoms with Crippen molar-refractivity contribution in [1.29, 1.82) is 0 Å². The van der Waals surface area contributed by atoms with E-state index in [1.54, 1.807) is 30.3 Å². The van der Waals surface area contributed by atoms with Gasteiger partial charge in [0, 0.05) is 43.6 Å². The van der Waals surface area contributed by atoms with Gasteiger partial charge >= 0.3 is 0 Å². The molecule has 0 aromatic carbocycles. The van der Waals surface area contributed by atoms with Gasteiger partial charge in [-0.2, -0.15) is 5.10 Å². The molecule has 1 aliphatic carbocycles. The van der Waals surface area contributed by atoms with Gasteiger partial charge in [0.15, 0.2) is 5.82 Å². The molecule has 0 atom stereocenters. The van der Waals surface area contributed by atoms with Crippen molar-refractivity contribution in [3.05, 3.63) is 54.6 Å². The number of amides is 1. The highest BCUT2D eigenvalue weighted by Gasteiger charge is 2.28. The number of nitrogen functional groups attached to an aromatic ring is 1. The Kier molecular flexibility index (Phi) is 6.17. The van der Waals surface area contributed by atoms with Crippen LogP contribution in [0.3, 0.4) is 0 Å². The number of hydrogen-bond donors (Lipinski definition) is 2. The molecule has 4 aromatic rings. The maximum Gasteiger partial charge on any atom is 0.253 e. The van der Waals surface area contributed by atoms with E-state index in [0.717, 1.165) is 49.3 Å². The molecule has 0 spiro atoms. The first-order chi connectivity index (χ1) is 16.7. The topological polar surface area (TPSA) is 138 Å². The van der Waals surface area contributed by atoms with Crippen molar-refractivity contribution in [2.75, 3.05) is 19.5 Å². The molecule has 0 radical (unpaired) electrons. The Morgan fingerprint density at radius 2 is 2.03 bits per heavy atom. The van der Waals surface area contributed by atoms with Crippen LogP contribution in [0.25, 0.3) is 16.8 Å². The molecule has 0 aliphatic heterocycles. The molecule has 0 unspecified atom stereocenters. The van der Waals surface area contributed by atoms with Gasteiger partial charge in [0.2, 0.25) is 0 Å². The fourth-order valence-electron chi connectivity index (χ4n) is 4.67. The summed E-state index contributed by atoms with van der Waals surface area (Å²) in [7, 11) is 1.69. The summed E-state index contributed by atoms with van der Waals surface area (Å²) < 4.78 is 8.91. The number of aromatic nitrogens is 7. The van der Waals surface area contributed by atoms with E-state index in [-0.39, 0.29) is 17.8 Å². The normalized spacial score (nSPS) is 18.3. The van der Waals surface area contributed by atoms with Crippen molar-refractivity contribution < 1.29 is 9.53 Å². The second-order valence-corrected chi connectivity index (χ2v) is 8.48. The smallest absolute Gasteiger partial charge is 0.253 e. The summed E-state index contributed by atoms with van der Waals surface area (Å²) in [6.45, 7) is 1.36. The van der Waals surface area contributed by atoms with Gasteiger partial charge in [-0.3, -0.25) is 9.78 Å². The Morgan fingerprint density at radius 1 is 1.24 bits per heavy atom. The first kappa shape index (κ1) is 22.0. The summed E-state index contributed by atoms with van der Waals surface area (Å²) in [4.78, 5) is 21.5. The van der Waals surface area contributed by atoms with Crippen LogP contribution < -0.4 is 11.1 Å². The van der Waals surface area contributed by atoms with Crippen LogP contribution >= 0.6 is 0 Å². The molecule has 11 nitrogen and oxygen atoms in total. The zero-order valence-electron chi connectivity index (χ0n) is 19.0. The maximum atomic E-state index is 13.3. The Morgan fingerprint density at radius 3 is 2.79 bits per heavy atom. The molecule has 1 aliphatic rings. The Bertz CT molecular complexity index is 1280. The maximum absolute atomic E-state index is 13.3. The number of rotatable bonds is 7. The third-order valence-corrected chi connectivity index (χ3v) is 6.41. The lowest BCUT2D eigenvalue weighted by molar-refractivity contribution is 0.0927. The van der Waals surface area contributed by atoms with Crippen LogP contribution in [-0.4, -0.2) is 60.0 Å². The van der Waals surface area contributed by atoms with E-state index >= 15 is 0 Å². The van der Waals surface area contributed by atoms with Crippen LogP contribution in [0.2, 0.25) is 0 Å². The van der Waals surface area contributed by atoms with Gasteiger partial charge in [-0.15, -0.1) is 10.2 Å². The van der Waals surface area contributed by atoms with Gasteiger partial charge in [0.05, 0.1) is 17.9 Å². The molecule has 5 rings (SSSR count). The van der Waals surface area contributed by atoms with Crippen LogP contribution in [0.15, 0.2) is 43.2 Å². The molecule has 1 saturated carbocycles. The molecular weight excluding hydrogens is 434 g/mol. The first-order valence-electron chi connectivity index (χ1n) is 11.4. The predicted molar refractivity (Wildman–Crippen MR) is 125 cm³/mol. The van der Waals surface area contributed by atoms with E-state index in [0.29, 0.717) is 23.6 Å². The highest BCUT2D eigenvalue weighted by Crippen LogP contribution is 2.33. The molecule has 11 heteroatoms. The Balaban J connectivity index is 1.31. The highest BCUT2D eigenvalue weighted by molar-refractivity contribution is 6.05. The average Bonchev–Trinajstić information content (AvgIpc) is 3.49. The van der Waals surface area contributed by atoms with E-state index in [1.807, 2.05) is 18.2 Å². The van der Waals surface area contributed by atoms with Gasteiger partial charge in [-0.05, 0) is 43.9 Å². The lowest BCUT2D eigenvalue weighted by Gasteiger charge is -2.28. The SMILES string of the molecule is COCCn1cnnc1[C@H]1CC[C@H](NC(=O)c2cc(-c3ccncc3)n3ncnc(N)c23)CC1. The number of hydrogen-bond acceptors (Lipinski definition) is 8. The summed E-state index contributed by atoms with van der Waals surface area (Å²) in [5, 5.41) is 15.9. The van der Waals surface area contributed by atoms with Crippen LogP contribution in [0.5, 0.6) is 0 Å². The minimum absolute atomic E-state index is 0.0734. The molecule has 1 amide bonds. The Labute approximate surface area is 196 Å². The van der Waals surface area contributed by atoms with Crippen molar-refractivity contribution in [3.8, 4) is 11.3 Å². The summed E-state index contributed by atoms with van der Waals surface area (Å²) in [5.74, 6) is 1.41. The number of ether oxygens (including phenoxy) is 1. The minimum atomic E-state index is -0.175. The molecule has 0 bridgehead atoms. The van der Waals surface area contributed by atoms with E-state index in [1.165, 1.54) is 6.33 Å². The molecule has 1 fully saturated rings. The molecule has 0 saturated heterocycles. The first-order valence-corrected chi connectivity index (χ1v) is 11.4. The van der Waals surface area contributed by atoms with Crippen molar-refractivity contribution in [2.24, 2.45) is 0 Å². The molecule has 4 heterocycles. The minimum Gasteiger partial charge on any atom is -0.383 e. The predicted octanol–water partition coefficient (Wildman–Crippen LogP) is 2.07. The number of methoxy groups -OCH3 is 1. The van der Waals surface area contributed by atoms with Crippen LogP contribution in [0.1, 0.15) is 47.8 Å². The third kappa shape index (κ3) is 4.21. The fraction of sp³-hybridized carbons (Fsp3) is 0.391.